The lowest BCUT2D eigenvalue weighted by molar-refractivity contribution is -0.120. The van der Waals surface area contributed by atoms with Crippen molar-refractivity contribution >= 4 is 69.6 Å². The number of aryl methyl sites for hydroxylation is 1. The van der Waals surface area contributed by atoms with Crippen molar-refractivity contribution in [3.8, 4) is 0 Å². The number of para-hydroxylation sites is 1. The highest BCUT2D eigenvalue weighted by Gasteiger charge is 2.32. The van der Waals surface area contributed by atoms with Gasteiger partial charge >= 0.3 is 0 Å². The maximum Gasteiger partial charge on any atom is 0.246 e. The molecule has 1 aliphatic rings. The summed E-state index contributed by atoms with van der Waals surface area (Å²) < 4.78 is 6.31. The molecule has 0 radical (unpaired) electrons. The summed E-state index contributed by atoms with van der Waals surface area (Å²) >= 11 is 31.8. The topological polar surface area (TPSA) is 44.8 Å². The van der Waals surface area contributed by atoms with Crippen molar-refractivity contribution in [2.45, 2.75) is 38.1 Å². The fourth-order valence-electron chi connectivity index (χ4n) is 4.01. The van der Waals surface area contributed by atoms with Crippen LogP contribution in [0, 0.1) is 6.92 Å². The molecule has 200 valence electrons. The number of ether oxygens (including phenoxy) is 1. The molecule has 10 heteroatoms. The Morgan fingerprint density at radius 3 is 2.32 bits per heavy atom. The average molecular weight is 614 g/mol. The molecule has 1 amide bonds. The van der Waals surface area contributed by atoms with E-state index in [1.807, 2.05) is 66.4 Å². The molecular weight excluding hydrogens is 588 g/mol. The Morgan fingerprint density at radius 2 is 1.63 bits per heavy atom. The number of hydrogen-bond donors (Lipinski definition) is 1. The zero-order valence-corrected chi connectivity index (χ0v) is 24.5. The van der Waals surface area contributed by atoms with Crippen molar-refractivity contribution in [3.05, 3.63) is 110 Å². The highest BCUT2D eigenvalue weighted by Crippen LogP contribution is 2.33. The third kappa shape index (κ3) is 6.90. The summed E-state index contributed by atoms with van der Waals surface area (Å²) in [4.78, 5) is 16.8. The van der Waals surface area contributed by atoms with Crippen LogP contribution in [0.25, 0.3) is 0 Å². The Kier molecular flexibility index (Phi) is 9.74. The predicted octanol–water partition coefficient (Wildman–Crippen LogP) is 8.50. The molecule has 1 heterocycles. The van der Waals surface area contributed by atoms with E-state index < -0.39 is 17.6 Å². The van der Waals surface area contributed by atoms with E-state index in [2.05, 4.69) is 5.32 Å². The molecule has 0 fully saturated rings. The first-order valence-electron chi connectivity index (χ1n) is 11.8. The second kappa shape index (κ2) is 12.8. The number of nitrogens with one attached hydrogen (secondary N) is 1. The fourth-order valence-corrected chi connectivity index (χ4v) is 5.22. The second-order valence-corrected chi connectivity index (χ2v) is 11.1. The monoisotopic (exact) mass is 611 g/mol. The minimum atomic E-state index is -0.593. The third-order valence-electron chi connectivity index (χ3n) is 6.32. The summed E-state index contributed by atoms with van der Waals surface area (Å²) in [5.41, 5.74) is 2.55. The van der Waals surface area contributed by atoms with Gasteiger partial charge in [0.1, 0.15) is 17.6 Å². The number of alkyl halides is 1. The van der Waals surface area contributed by atoms with Crippen LogP contribution < -0.4 is 5.32 Å². The first kappa shape index (κ1) is 28.9. The molecule has 3 aromatic rings. The molecule has 0 aliphatic carbocycles. The van der Waals surface area contributed by atoms with Gasteiger partial charge in [0.2, 0.25) is 5.91 Å². The van der Waals surface area contributed by atoms with Gasteiger partial charge in [-0.15, -0.1) is 0 Å². The van der Waals surface area contributed by atoms with Gasteiger partial charge in [-0.1, -0.05) is 88.3 Å². The van der Waals surface area contributed by atoms with Crippen LogP contribution in [-0.2, 0) is 16.1 Å². The van der Waals surface area contributed by atoms with Crippen LogP contribution in [-0.4, -0.2) is 33.9 Å². The molecular formula is C28H26Cl5N3O2. The number of amides is 1. The molecule has 0 aromatic heterocycles. The summed E-state index contributed by atoms with van der Waals surface area (Å²) in [6.07, 6.45) is 3.16. The van der Waals surface area contributed by atoms with Gasteiger partial charge in [-0.2, -0.15) is 0 Å². The lowest BCUT2D eigenvalue weighted by Gasteiger charge is -2.33. The van der Waals surface area contributed by atoms with Crippen LogP contribution in [0.3, 0.4) is 0 Å². The molecule has 0 saturated carbocycles. The largest absolute Gasteiger partial charge is 0.365 e. The molecule has 1 aliphatic heterocycles. The molecule has 3 unspecified atom stereocenters. The number of carbonyl (C=O) groups is 1. The first-order chi connectivity index (χ1) is 18.1. The quantitative estimate of drug-likeness (QED) is 0.194. The standard InChI is InChI=1S/C28H26Cl5N3O2/c1-17-4-3-5-23(31)25(17)34-28(37)18(2)35-12-13-36(16-35)27(33)26(19-6-9-21(29)10-7-19)38-15-20-8-11-22(30)14-24(20)32/h3-14,18,26-27H,15-16H2,1-2H3,(H,34,37). The van der Waals surface area contributed by atoms with Crippen LogP contribution >= 0.6 is 58.0 Å². The van der Waals surface area contributed by atoms with Gasteiger partial charge in [0.15, 0.2) is 0 Å². The van der Waals surface area contributed by atoms with E-state index in [1.54, 1.807) is 30.3 Å². The van der Waals surface area contributed by atoms with E-state index in [4.69, 9.17) is 62.7 Å². The van der Waals surface area contributed by atoms with Crippen LogP contribution in [0.15, 0.2) is 73.1 Å². The summed E-state index contributed by atoms with van der Waals surface area (Å²) in [6, 6.07) is 17.6. The average Bonchev–Trinajstić information content (AvgIpc) is 3.38. The number of carbonyl (C=O) groups excluding carboxylic acids is 1. The Balaban J connectivity index is 1.46. The van der Waals surface area contributed by atoms with E-state index in [0.29, 0.717) is 32.4 Å². The van der Waals surface area contributed by atoms with Crippen molar-refractivity contribution < 1.29 is 9.53 Å². The lowest BCUT2D eigenvalue weighted by atomic mass is 10.1. The Bertz CT molecular complexity index is 1300. The molecule has 38 heavy (non-hydrogen) atoms. The number of anilines is 1. The molecule has 0 saturated heterocycles. The van der Waals surface area contributed by atoms with Gasteiger partial charge in [0.25, 0.3) is 0 Å². The summed E-state index contributed by atoms with van der Waals surface area (Å²) in [5, 5.41) is 5.11. The van der Waals surface area contributed by atoms with E-state index >= 15 is 0 Å². The van der Waals surface area contributed by atoms with Crippen LogP contribution in [0.2, 0.25) is 20.1 Å². The SMILES string of the molecule is Cc1cccc(Cl)c1NC(=O)C(C)N1C=CN(C(Cl)C(OCc2ccc(Cl)cc2Cl)c2ccc(Cl)cc2)C1. The molecule has 5 nitrogen and oxygen atoms in total. The van der Waals surface area contributed by atoms with Crippen LogP contribution in [0.5, 0.6) is 0 Å². The normalized spacial score (nSPS) is 15.4. The molecule has 0 spiro atoms. The Labute approximate surface area is 247 Å². The molecule has 1 N–H and O–H groups in total. The number of benzene rings is 3. The number of nitrogens with zero attached hydrogens (tertiary/aromatic N) is 2. The van der Waals surface area contributed by atoms with Crippen molar-refractivity contribution in [2.24, 2.45) is 0 Å². The minimum absolute atomic E-state index is 0.179. The van der Waals surface area contributed by atoms with Crippen LogP contribution in [0.1, 0.15) is 29.7 Å². The molecule has 4 rings (SSSR count). The molecule has 3 atom stereocenters. The van der Waals surface area contributed by atoms with E-state index in [-0.39, 0.29) is 12.5 Å². The maximum absolute atomic E-state index is 13.0. The van der Waals surface area contributed by atoms with Gasteiger partial charge in [-0.3, -0.25) is 4.79 Å². The van der Waals surface area contributed by atoms with E-state index in [1.165, 1.54) is 0 Å². The van der Waals surface area contributed by atoms with E-state index in [9.17, 15) is 4.79 Å². The van der Waals surface area contributed by atoms with Gasteiger partial charge < -0.3 is 19.9 Å². The van der Waals surface area contributed by atoms with Crippen molar-refractivity contribution in [1.82, 2.24) is 9.80 Å². The minimum Gasteiger partial charge on any atom is -0.365 e. The Morgan fingerprint density at radius 1 is 0.947 bits per heavy atom. The van der Waals surface area contributed by atoms with Gasteiger partial charge in [-0.05, 0) is 60.9 Å². The summed E-state index contributed by atoms with van der Waals surface area (Å²) in [6.45, 7) is 4.34. The van der Waals surface area contributed by atoms with Gasteiger partial charge in [0, 0.05) is 27.5 Å². The predicted molar refractivity (Wildman–Crippen MR) is 157 cm³/mol. The van der Waals surface area contributed by atoms with Gasteiger partial charge in [-0.25, -0.2) is 0 Å². The van der Waals surface area contributed by atoms with Crippen molar-refractivity contribution in [2.75, 3.05) is 12.0 Å². The smallest absolute Gasteiger partial charge is 0.246 e. The summed E-state index contributed by atoms with van der Waals surface area (Å²) in [7, 11) is 0. The third-order valence-corrected chi connectivity index (χ3v) is 7.96. The second-order valence-electron chi connectivity index (χ2n) is 8.96. The molecule has 3 aromatic carbocycles. The number of rotatable bonds is 9. The summed E-state index contributed by atoms with van der Waals surface area (Å²) in [5.74, 6) is -0.179. The lowest BCUT2D eigenvalue weighted by Crippen LogP contribution is -2.43. The fraction of sp³-hybridized carbons (Fsp3) is 0.250. The highest BCUT2D eigenvalue weighted by atomic mass is 35.5. The van der Waals surface area contributed by atoms with E-state index in [0.717, 1.165) is 16.7 Å². The maximum atomic E-state index is 13.0. The zero-order chi connectivity index (χ0) is 27.4. The van der Waals surface area contributed by atoms with Gasteiger partial charge in [0.05, 0.1) is 24.0 Å². The Hall–Kier alpha value is -2.12. The highest BCUT2D eigenvalue weighted by molar-refractivity contribution is 6.35. The van der Waals surface area contributed by atoms with Crippen molar-refractivity contribution in [1.29, 1.82) is 0 Å². The molecule has 0 bridgehead atoms. The number of halogens is 5. The first-order valence-corrected chi connectivity index (χ1v) is 13.8. The van der Waals surface area contributed by atoms with Crippen molar-refractivity contribution in [3.63, 3.8) is 0 Å². The number of hydrogen-bond acceptors (Lipinski definition) is 4. The zero-order valence-electron chi connectivity index (χ0n) is 20.7. The van der Waals surface area contributed by atoms with Crippen LogP contribution in [0.4, 0.5) is 5.69 Å².